The van der Waals surface area contributed by atoms with Gasteiger partial charge in [-0.05, 0) is 33.3 Å². The van der Waals surface area contributed by atoms with Crippen molar-refractivity contribution in [2.24, 2.45) is 0 Å². The van der Waals surface area contributed by atoms with Gasteiger partial charge in [0.05, 0.1) is 22.3 Å². The van der Waals surface area contributed by atoms with E-state index in [2.05, 4.69) is 9.97 Å². The van der Waals surface area contributed by atoms with Crippen LogP contribution in [0.25, 0.3) is 10.9 Å². The molecule has 0 bridgehead atoms. The molecule has 2 aromatic rings. The number of fused-ring (bicyclic) bond motifs is 1. The Balaban J connectivity index is 1.81. The summed E-state index contributed by atoms with van der Waals surface area (Å²) in [4.78, 5) is 23.6. The van der Waals surface area contributed by atoms with E-state index in [1.807, 2.05) is 45.0 Å². The van der Waals surface area contributed by atoms with Crippen molar-refractivity contribution in [1.82, 2.24) is 14.9 Å². The summed E-state index contributed by atoms with van der Waals surface area (Å²) in [6, 6.07) is 7.53. The van der Waals surface area contributed by atoms with Crippen molar-refractivity contribution >= 4 is 38.4 Å². The standard InChI is InChI=1S/C18H23N3O3S2/c1-4-21(14-9-10-26(23,24)11-14)18(22)12(2)25-17-15-7-5-6-8-16(15)19-13(3)20-17/h5-8,12,14H,4,9-11H2,1-3H3/t12-,14-/m1/s1. The molecule has 8 heteroatoms. The highest BCUT2D eigenvalue weighted by atomic mass is 32.2. The average Bonchev–Trinajstić information content (AvgIpc) is 2.94. The molecule has 26 heavy (non-hydrogen) atoms. The predicted molar refractivity (Wildman–Crippen MR) is 104 cm³/mol. The van der Waals surface area contributed by atoms with Gasteiger partial charge in [-0.25, -0.2) is 18.4 Å². The van der Waals surface area contributed by atoms with Gasteiger partial charge in [0.15, 0.2) is 9.84 Å². The normalized spacial score (nSPS) is 20.2. The lowest BCUT2D eigenvalue weighted by Gasteiger charge is -2.29. The molecule has 6 nitrogen and oxygen atoms in total. The molecule has 1 aliphatic rings. The molecule has 1 fully saturated rings. The third-order valence-corrected chi connectivity index (χ3v) is 7.43. The molecule has 2 atom stereocenters. The first kappa shape index (κ1) is 19.1. The van der Waals surface area contributed by atoms with Crippen molar-refractivity contribution in [2.75, 3.05) is 18.1 Å². The third-order valence-electron chi connectivity index (χ3n) is 4.59. The van der Waals surface area contributed by atoms with E-state index >= 15 is 0 Å². The number of aryl methyl sites for hydroxylation is 1. The Morgan fingerprint density at radius 3 is 2.73 bits per heavy atom. The third kappa shape index (κ3) is 4.01. The number of hydrogen-bond acceptors (Lipinski definition) is 6. The molecule has 3 rings (SSSR count). The predicted octanol–water partition coefficient (Wildman–Crippen LogP) is 2.45. The van der Waals surface area contributed by atoms with Crippen LogP contribution in [-0.4, -0.2) is 58.5 Å². The fourth-order valence-corrected chi connectivity index (χ4v) is 6.10. The molecule has 1 amide bonds. The average molecular weight is 394 g/mol. The zero-order chi connectivity index (χ0) is 18.9. The van der Waals surface area contributed by atoms with E-state index in [1.54, 1.807) is 4.90 Å². The number of sulfone groups is 1. The van der Waals surface area contributed by atoms with Gasteiger partial charge in [0, 0.05) is 18.0 Å². The number of rotatable bonds is 5. The van der Waals surface area contributed by atoms with Crippen LogP contribution in [0.15, 0.2) is 29.3 Å². The highest BCUT2D eigenvalue weighted by molar-refractivity contribution is 8.00. The number of nitrogens with zero attached hydrogens (tertiary/aromatic N) is 3. The number of thioether (sulfide) groups is 1. The summed E-state index contributed by atoms with van der Waals surface area (Å²) in [7, 11) is -3.02. The monoisotopic (exact) mass is 393 g/mol. The molecule has 0 unspecified atom stereocenters. The molecule has 1 aromatic carbocycles. The number of aromatic nitrogens is 2. The van der Waals surface area contributed by atoms with Crippen molar-refractivity contribution < 1.29 is 13.2 Å². The minimum Gasteiger partial charge on any atom is -0.338 e. The Bertz CT molecular complexity index is 930. The van der Waals surface area contributed by atoms with Crippen LogP contribution in [0.5, 0.6) is 0 Å². The topological polar surface area (TPSA) is 80.2 Å². The second-order valence-corrected chi connectivity index (χ2v) is 10.1. The highest BCUT2D eigenvalue weighted by Crippen LogP contribution is 2.30. The zero-order valence-corrected chi connectivity index (χ0v) is 16.8. The lowest BCUT2D eigenvalue weighted by molar-refractivity contribution is -0.131. The first-order valence-corrected chi connectivity index (χ1v) is 11.4. The van der Waals surface area contributed by atoms with Gasteiger partial charge in [0.1, 0.15) is 10.9 Å². The van der Waals surface area contributed by atoms with E-state index in [0.717, 1.165) is 15.9 Å². The number of para-hydroxylation sites is 1. The lowest BCUT2D eigenvalue weighted by Crippen LogP contribution is -2.44. The first-order valence-electron chi connectivity index (χ1n) is 8.71. The van der Waals surface area contributed by atoms with Crippen molar-refractivity contribution in [3.8, 4) is 0 Å². The molecule has 0 aliphatic carbocycles. The van der Waals surface area contributed by atoms with E-state index in [4.69, 9.17) is 0 Å². The zero-order valence-electron chi connectivity index (χ0n) is 15.2. The molecule has 1 aliphatic heterocycles. The van der Waals surface area contributed by atoms with E-state index in [-0.39, 0.29) is 28.7 Å². The van der Waals surface area contributed by atoms with Crippen LogP contribution in [0, 0.1) is 6.92 Å². The second kappa shape index (κ2) is 7.52. The van der Waals surface area contributed by atoms with Gasteiger partial charge >= 0.3 is 0 Å². The fourth-order valence-electron chi connectivity index (χ4n) is 3.31. The van der Waals surface area contributed by atoms with E-state index in [0.29, 0.717) is 18.8 Å². The number of carbonyl (C=O) groups excluding carboxylic acids is 1. The quantitative estimate of drug-likeness (QED) is 0.573. The maximum absolute atomic E-state index is 13.0. The Morgan fingerprint density at radius 2 is 2.08 bits per heavy atom. The van der Waals surface area contributed by atoms with E-state index < -0.39 is 9.84 Å². The molecule has 2 heterocycles. The Labute approximate surface area is 158 Å². The molecule has 1 aromatic heterocycles. The molecule has 0 radical (unpaired) electrons. The van der Waals surface area contributed by atoms with Crippen LogP contribution in [0.2, 0.25) is 0 Å². The van der Waals surface area contributed by atoms with Crippen molar-refractivity contribution in [3.05, 3.63) is 30.1 Å². The van der Waals surface area contributed by atoms with Crippen LogP contribution in [0.4, 0.5) is 0 Å². The van der Waals surface area contributed by atoms with Gasteiger partial charge in [-0.1, -0.05) is 30.0 Å². The molecule has 0 N–H and O–H groups in total. The van der Waals surface area contributed by atoms with Crippen molar-refractivity contribution in [2.45, 2.75) is 43.5 Å². The Hall–Kier alpha value is -1.67. The SMILES string of the molecule is CCN(C(=O)[C@@H](C)Sc1nc(C)nc2ccccc12)[C@@H]1CCS(=O)(=O)C1. The maximum atomic E-state index is 13.0. The lowest BCUT2D eigenvalue weighted by atomic mass is 10.2. The van der Waals surface area contributed by atoms with Crippen LogP contribution in [0.1, 0.15) is 26.1 Å². The van der Waals surface area contributed by atoms with Crippen LogP contribution in [-0.2, 0) is 14.6 Å². The van der Waals surface area contributed by atoms with Crippen LogP contribution in [0.3, 0.4) is 0 Å². The van der Waals surface area contributed by atoms with Gasteiger partial charge in [0.25, 0.3) is 0 Å². The van der Waals surface area contributed by atoms with E-state index in [9.17, 15) is 13.2 Å². The number of carbonyl (C=O) groups is 1. The Kier molecular flexibility index (Phi) is 5.53. The molecular formula is C18H23N3O3S2. The van der Waals surface area contributed by atoms with Gasteiger partial charge < -0.3 is 4.90 Å². The summed E-state index contributed by atoms with van der Waals surface area (Å²) >= 11 is 1.41. The highest BCUT2D eigenvalue weighted by Gasteiger charge is 2.35. The minimum atomic E-state index is -3.02. The van der Waals surface area contributed by atoms with Gasteiger partial charge in [0.2, 0.25) is 5.91 Å². The van der Waals surface area contributed by atoms with Crippen LogP contribution >= 0.6 is 11.8 Å². The molecule has 0 spiro atoms. The van der Waals surface area contributed by atoms with Crippen molar-refractivity contribution in [3.63, 3.8) is 0 Å². The first-order chi connectivity index (χ1) is 12.3. The number of benzene rings is 1. The Morgan fingerprint density at radius 1 is 1.35 bits per heavy atom. The molecular weight excluding hydrogens is 370 g/mol. The summed E-state index contributed by atoms with van der Waals surface area (Å²) in [6.07, 6.45) is 0.523. The van der Waals surface area contributed by atoms with Gasteiger partial charge in [-0.2, -0.15) is 0 Å². The van der Waals surface area contributed by atoms with Gasteiger partial charge in [-0.15, -0.1) is 0 Å². The summed E-state index contributed by atoms with van der Waals surface area (Å²) in [6.45, 7) is 6.09. The summed E-state index contributed by atoms with van der Waals surface area (Å²) in [5, 5.41) is 1.36. The van der Waals surface area contributed by atoms with Crippen LogP contribution < -0.4 is 0 Å². The molecule has 1 saturated heterocycles. The summed E-state index contributed by atoms with van der Waals surface area (Å²) in [5.41, 5.74) is 0.858. The maximum Gasteiger partial charge on any atom is 0.236 e. The van der Waals surface area contributed by atoms with Gasteiger partial charge in [-0.3, -0.25) is 4.79 Å². The molecule has 0 saturated carbocycles. The largest absolute Gasteiger partial charge is 0.338 e. The number of hydrogen-bond donors (Lipinski definition) is 0. The van der Waals surface area contributed by atoms with Crippen molar-refractivity contribution in [1.29, 1.82) is 0 Å². The summed E-state index contributed by atoms with van der Waals surface area (Å²) < 4.78 is 23.5. The fraction of sp³-hybridized carbons (Fsp3) is 0.500. The summed E-state index contributed by atoms with van der Waals surface area (Å²) in [5.74, 6) is 0.859. The number of amides is 1. The second-order valence-electron chi connectivity index (χ2n) is 6.53. The smallest absolute Gasteiger partial charge is 0.236 e. The minimum absolute atomic E-state index is 0.0417. The molecule has 140 valence electrons. The van der Waals surface area contributed by atoms with E-state index in [1.165, 1.54) is 11.8 Å².